The molecule has 0 aliphatic heterocycles. The van der Waals surface area contributed by atoms with E-state index in [1.165, 1.54) is 13.8 Å². The summed E-state index contributed by atoms with van der Waals surface area (Å²) in [5, 5.41) is 26.5. The minimum Gasteiger partial charge on any atom is -0.481 e. The predicted molar refractivity (Wildman–Crippen MR) is 75.1 cm³/mol. The van der Waals surface area contributed by atoms with Crippen molar-refractivity contribution in [3.8, 4) is 0 Å². The molecular weight excluding hydrogens is 296 g/mol. The Bertz CT molecular complexity index is 448. The predicted octanol–water partition coefficient (Wildman–Crippen LogP) is -0.265. The first-order valence-electron chi connectivity index (χ1n) is 6.75. The number of carbonyl (C=O) groups is 4. The smallest absolute Gasteiger partial charge is 0.326 e. The molecule has 0 aliphatic rings. The van der Waals surface area contributed by atoms with Crippen LogP contribution in [0, 0.1) is 0 Å². The Morgan fingerprint density at radius 1 is 1.09 bits per heavy atom. The standard InChI is InChI=1S/C13H22N2O7/c1-8(11(19)20)15(7-13(2,14)12(21)22)9(16)5-3-4-6-10(17)18/h8H,3-7,14H2,1-2H3,(H,17,18)(H,19,20)(H,21,22)/t8-,13-/m0/s1. The molecule has 0 unspecified atom stereocenters. The van der Waals surface area contributed by atoms with Crippen LogP contribution in [0.15, 0.2) is 0 Å². The molecule has 0 saturated heterocycles. The van der Waals surface area contributed by atoms with E-state index in [0.29, 0.717) is 0 Å². The van der Waals surface area contributed by atoms with E-state index in [9.17, 15) is 19.2 Å². The van der Waals surface area contributed by atoms with E-state index in [1.54, 1.807) is 0 Å². The van der Waals surface area contributed by atoms with Crippen molar-refractivity contribution in [3.05, 3.63) is 0 Å². The summed E-state index contributed by atoms with van der Waals surface area (Å²) in [6.07, 6.45) is 0.379. The molecule has 0 rings (SSSR count). The molecule has 9 nitrogen and oxygen atoms in total. The molecule has 0 aliphatic carbocycles. The van der Waals surface area contributed by atoms with Gasteiger partial charge in [-0.1, -0.05) is 0 Å². The number of carboxylic acid groups (broad SMARTS) is 3. The molecule has 126 valence electrons. The molecule has 0 spiro atoms. The number of carboxylic acids is 3. The van der Waals surface area contributed by atoms with Gasteiger partial charge < -0.3 is 26.0 Å². The zero-order chi connectivity index (χ0) is 17.5. The van der Waals surface area contributed by atoms with E-state index >= 15 is 0 Å². The van der Waals surface area contributed by atoms with E-state index in [-0.39, 0.29) is 25.7 Å². The first kappa shape index (κ1) is 19.8. The number of unbranched alkanes of at least 4 members (excludes halogenated alkanes) is 1. The Balaban J connectivity index is 4.86. The van der Waals surface area contributed by atoms with Crippen LogP contribution in [0.5, 0.6) is 0 Å². The highest BCUT2D eigenvalue weighted by Gasteiger charge is 2.36. The number of carbonyl (C=O) groups excluding carboxylic acids is 1. The summed E-state index contributed by atoms with van der Waals surface area (Å²) >= 11 is 0. The number of amides is 1. The summed E-state index contributed by atoms with van der Waals surface area (Å²) < 4.78 is 0. The maximum absolute atomic E-state index is 12.1. The minimum atomic E-state index is -1.78. The zero-order valence-electron chi connectivity index (χ0n) is 12.6. The second-order valence-corrected chi connectivity index (χ2v) is 5.36. The van der Waals surface area contributed by atoms with Crippen molar-refractivity contribution < 1.29 is 34.5 Å². The number of hydrogen-bond acceptors (Lipinski definition) is 5. The van der Waals surface area contributed by atoms with Crippen molar-refractivity contribution in [1.82, 2.24) is 4.90 Å². The fourth-order valence-corrected chi connectivity index (χ4v) is 1.69. The molecule has 2 atom stereocenters. The van der Waals surface area contributed by atoms with Crippen molar-refractivity contribution in [3.63, 3.8) is 0 Å². The third kappa shape index (κ3) is 6.53. The lowest BCUT2D eigenvalue weighted by atomic mass is 10.0. The molecule has 22 heavy (non-hydrogen) atoms. The molecular formula is C13H22N2O7. The molecule has 0 aromatic heterocycles. The van der Waals surface area contributed by atoms with Gasteiger partial charge in [-0.05, 0) is 26.7 Å². The summed E-state index contributed by atoms with van der Waals surface area (Å²) in [4.78, 5) is 45.5. The van der Waals surface area contributed by atoms with Crippen molar-refractivity contribution in [2.45, 2.75) is 51.1 Å². The first-order chi connectivity index (χ1) is 9.99. The van der Waals surface area contributed by atoms with Gasteiger partial charge in [0.15, 0.2) is 0 Å². The fourth-order valence-electron chi connectivity index (χ4n) is 1.69. The van der Waals surface area contributed by atoms with Crippen molar-refractivity contribution in [2.24, 2.45) is 5.73 Å². The van der Waals surface area contributed by atoms with Crippen LogP contribution >= 0.6 is 0 Å². The monoisotopic (exact) mass is 318 g/mol. The summed E-state index contributed by atoms with van der Waals surface area (Å²) in [6.45, 7) is 2.00. The average molecular weight is 318 g/mol. The second-order valence-electron chi connectivity index (χ2n) is 5.36. The van der Waals surface area contributed by atoms with Gasteiger partial charge in [0.2, 0.25) is 5.91 Å². The van der Waals surface area contributed by atoms with E-state index in [2.05, 4.69) is 0 Å². The largest absolute Gasteiger partial charge is 0.481 e. The molecule has 0 bridgehead atoms. The number of rotatable bonds is 10. The minimum absolute atomic E-state index is 0.0689. The Hall–Kier alpha value is -2.16. The Kier molecular flexibility index (Phi) is 7.51. The zero-order valence-corrected chi connectivity index (χ0v) is 12.6. The summed E-state index contributed by atoms with van der Waals surface area (Å²) in [5.41, 5.74) is 3.79. The van der Waals surface area contributed by atoms with Crippen molar-refractivity contribution >= 4 is 23.8 Å². The van der Waals surface area contributed by atoms with Gasteiger partial charge >= 0.3 is 17.9 Å². The van der Waals surface area contributed by atoms with Gasteiger partial charge in [0, 0.05) is 12.8 Å². The van der Waals surface area contributed by atoms with Crippen LogP contribution in [-0.4, -0.2) is 62.2 Å². The summed E-state index contributed by atoms with van der Waals surface area (Å²) in [7, 11) is 0. The maximum Gasteiger partial charge on any atom is 0.326 e. The SMILES string of the molecule is C[C@@H](C(=O)O)N(C[C@](C)(N)C(=O)O)C(=O)CCCCC(=O)O. The quantitative estimate of drug-likeness (QED) is 0.401. The van der Waals surface area contributed by atoms with E-state index in [4.69, 9.17) is 21.1 Å². The van der Waals surface area contributed by atoms with Crippen LogP contribution in [0.25, 0.3) is 0 Å². The topological polar surface area (TPSA) is 158 Å². The van der Waals surface area contributed by atoms with Crippen molar-refractivity contribution in [1.29, 1.82) is 0 Å². The van der Waals surface area contributed by atoms with Crippen LogP contribution < -0.4 is 5.73 Å². The molecule has 0 saturated carbocycles. The molecule has 1 amide bonds. The third-order valence-electron chi connectivity index (χ3n) is 3.16. The molecule has 0 heterocycles. The van der Waals surface area contributed by atoms with Gasteiger partial charge in [-0.3, -0.25) is 14.4 Å². The van der Waals surface area contributed by atoms with E-state index in [1.807, 2.05) is 0 Å². The summed E-state index contributed by atoms with van der Waals surface area (Å²) in [5.74, 6) is -4.18. The van der Waals surface area contributed by atoms with Gasteiger partial charge in [-0.2, -0.15) is 0 Å². The third-order valence-corrected chi connectivity index (χ3v) is 3.16. The van der Waals surface area contributed by atoms with E-state index in [0.717, 1.165) is 4.90 Å². The second kappa shape index (κ2) is 8.32. The fraction of sp³-hybridized carbons (Fsp3) is 0.692. The Labute approximate surface area is 127 Å². The van der Waals surface area contributed by atoms with Crippen molar-refractivity contribution in [2.75, 3.05) is 6.54 Å². The highest BCUT2D eigenvalue weighted by molar-refractivity contribution is 5.85. The van der Waals surface area contributed by atoms with Crippen LogP contribution in [-0.2, 0) is 19.2 Å². The lowest BCUT2D eigenvalue weighted by molar-refractivity contribution is -0.153. The molecule has 9 heteroatoms. The lowest BCUT2D eigenvalue weighted by Gasteiger charge is -2.32. The lowest BCUT2D eigenvalue weighted by Crippen LogP contribution is -2.58. The first-order valence-corrected chi connectivity index (χ1v) is 6.75. The average Bonchev–Trinajstić information content (AvgIpc) is 2.39. The molecule has 0 aromatic carbocycles. The molecule has 0 fully saturated rings. The number of hydrogen-bond donors (Lipinski definition) is 4. The number of aliphatic carboxylic acids is 3. The normalized spacial score (nSPS) is 14.7. The number of nitrogens with zero attached hydrogens (tertiary/aromatic N) is 1. The highest BCUT2D eigenvalue weighted by atomic mass is 16.4. The van der Waals surface area contributed by atoms with Crippen LogP contribution in [0.4, 0.5) is 0 Å². The Morgan fingerprint density at radius 2 is 1.59 bits per heavy atom. The molecule has 0 radical (unpaired) electrons. The summed E-state index contributed by atoms with van der Waals surface area (Å²) in [6, 6.07) is -1.23. The van der Waals surface area contributed by atoms with Crippen LogP contribution in [0.1, 0.15) is 39.5 Å². The molecule has 0 aromatic rings. The number of nitrogens with two attached hydrogens (primary N) is 1. The Morgan fingerprint density at radius 3 is 2.00 bits per heavy atom. The van der Waals surface area contributed by atoms with Crippen LogP contribution in [0.3, 0.4) is 0 Å². The van der Waals surface area contributed by atoms with Gasteiger partial charge in [-0.25, -0.2) is 4.79 Å². The highest BCUT2D eigenvalue weighted by Crippen LogP contribution is 2.12. The van der Waals surface area contributed by atoms with Gasteiger partial charge in [0.25, 0.3) is 0 Å². The van der Waals surface area contributed by atoms with Gasteiger partial charge in [0.1, 0.15) is 11.6 Å². The van der Waals surface area contributed by atoms with Crippen LogP contribution in [0.2, 0.25) is 0 Å². The van der Waals surface area contributed by atoms with E-state index < -0.39 is 41.9 Å². The molecule has 5 N–H and O–H groups in total. The van der Waals surface area contributed by atoms with Gasteiger partial charge in [0.05, 0.1) is 6.54 Å². The van der Waals surface area contributed by atoms with Gasteiger partial charge in [-0.15, -0.1) is 0 Å². The maximum atomic E-state index is 12.1.